The number of fused-ring (bicyclic) bond motifs is 4. The van der Waals surface area contributed by atoms with Crippen molar-refractivity contribution in [3.05, 3.63) is 373 Å². The molecule has 32 heteroatoms. The molecular weight excluding hydrogens is 1710 g/mol. The molecule has 0 atom stereocenters. The second-order valence-electron chi connectivity index (χ2n) is 33.0. The van der Waals surface area contributed by atoms with E-state index in [9.17, 15) is 32.3 Å². The molecule has 0 spiro atoms. The minimum Gasteiger partial charge on any atom is -0.292 e. The molecule has 0 unspecified atom stereocenters. The first-order chi connectivity index (χ1) is 63.3. The van der Waals surface area contributed by atoms with E-state index in [1.54, 1.807) is 148 Å². The van der Waals surface area contributed by atoms with Crippen LogP contribution in [0.5, 0.6) is 0 Å². The lowest BCUT2D eigenvalue weighted by molar-refractivity contribution is 0.623. The largest absolute Gasteiger partial charge is 0.330 e. The number of aromatic nitrogens is 25. The van der Waals surface area contributed by atoms with E-state index < -0.39 is 0 Å². The van der Waals surface area contributed by atoms with Gasteiger partial charge in [0, 0.05) is 101 Å². The van der Waals surface area contributed by atoms with Crippen LogP contribution in [-0.2, 0) is 54.4 Å². The highest BCUT2D eigenvalue weighted by atomic mass is 19.1. The topological polar surface area (TPSA) is 295 Å². The first-order valence-corrected chi connectivity index (χ1v) is 42.7. The minimum atomic E-state index is -0.375. The third-order valence-corrected chi connectivity index (χ3v) is 23.0. The predicted octanol–water partition coefficient (Wildman–Crippen LogP) is 19.0. The summed E-state index contributed by atoms with van der Waals surface area (Å²) < 4.78 is 62.6. The molecule has 13 heterocycles. The zero-order chi connectivity index (χ0) is 91.6. The van der Waals surface area contributed by atoms with Gasteiger partial charge >= 0.3 is 22.8 Å². The second-order valence-corrected chi connectivity index (χ2v) is 33.0. The Morgan fingerprint density at radius 1 is 0.296 bits per heavy atom. The Morgan fingerprint density at radius 2 is 0.622 bits per heavy atom. The molecule has 135 heavy (non-hydrogen) atoms. The maximum atomic E-state index is 14.8. The fourth-order valence-electron chi connectivity index (χ4n) is 16.0. The van der Waals surface area contributed by atoms with Gasteiger partial charge in [0.2, 0.25) is 0 Å². The van der Waals surface area contributed by atoms with Gasteiger partial charge in [0.1, 0.15) is 39.5 Å². The van der Waals surface area contributed by atoms with Gasteiger partial charge in [0.05, 0.1) is 85.0 Å². The van der Waals surface area contributed by atoms with E-state index in [0.29, 0.717) is 99.4 Å². The zero-order valence-corrected chi connectivity index (χ0v) is 74.0. The summed E-state index contributed by atoms with van der Waals surface area (Å²) in [6.07, 6.45) is 22.8. The van der Waals surface area contributed by atoms with E-state index in [1.807, 2.05) is 206 Å². The van der Waals surface area contributed by atoms with Crippen LogP contribution in [-0.4, -0.2) is 121 Å². The number of aryl methyl sites for hydroxylation is 4. The van der Waals surface area contributed by atoms with Crippen LogP contribution in [0.1, 0.15) is 153 Å². The summed E-state index contributed by atoms with van der Waals surface area (Å²) in [5.74, 6) is 1.31. The zero-order valence-electron chi connectivity index (χ0n) is 74.0. The van der Waals surface area contributed by atoms with E-state index in [-0.39, 0.29) is 99.4 Å². The van der Waals surface area contributed by atoms with Gasteiger partial charge in [-0.15, -0.1) is 0 Å². The third-order valence-electron chi connectivity index (χ3n) is 23.0. The molecule has 0 bridgehead atoms. The molecule has 0 saturated heterocycles. The number of benzene rings is 7. The molecule has 0 saturated carbocycles. The van der Waals surface area contributed by atoms with Gasteiger partial charge in [-0.1, -0.05) is 152 Å². The van der Waals surface area contributed by atoms with Crippen LogP contribution >= 0.6 is 0 Å². The molecule has 0 aliphatic rings. The molecule has 0 N–H and O–H groups in total. The van der Waals surface area contributed by atoms with Crippen molar-refractivity contribution in [2.24, 2.45) is 28.2 Å². The van der Waals surface area contributed by atoms with Gasteiger partial charge in [-0.25, -0.2) is 90.9 Å². The Morgan fingerprint density at radius 3 is 0.963 bits per heavy atom. The molecule has 20 rings (SSSR count). The Labute approximate surface area is 778 Å². The molecular formula is C103H108F3N25O4. The lowest BCUT2D eigenvalue weighted by Crippen LogP contribution is -2.22. The molecule has 0 amide bonds. The van der Waals surface area contributed by atoms with E-state index >= 15 is 0 Å². The standard InChI is InChI=1S/3C25H23FN6O.C24H23N7O.4CH4/c1-16(2)21-13-18(26)7-10-20(21)23-27-14-22-24(29-23)31(25(33)30(22)3)15-17-5-8-19(9-6-17)32-12-4-11-28-32;1-16(2)20-10-7-18(26)13-21(20)23-27-14-22-24(29-23)31(25(33)30(22)3)15-17-5-8-19(9-6-17)32-12-4-11-28-32;1-16(2)19-6-4-7-20(26)22(19)23-27-14-21-24(29-23)31(25(33)30(21)3)15-17-8-10-18(11-9-17)32-13-5-12-28-32;1-16(2)21-19(6-4-11-25-21)22-26-14-20-23(28-22)30(24(32)29(20)3)15-17-7-9-18(10-8-17)31-13-5-12-27-31;;;;/h3*4-14,16H,15H2,1-3H3;4-14,16H,15H2,1-3H3;4*1H4. The highest BCUT2D eigenvalue weighted by molar-refractivity contribution is 5.78. The van der Waals surface area contributed by atoms with Crippen molar-refractivity contribution in [1.29, 1.82) is 0 Å². The van der Waals surface area contributed by atoms with E-state index in [4.69, 9.17) is 15.0 Å². The number of nitrogens with zero attached hydrogens (tertiary/aromatic N) is 25. The van der Waals surface area contributed by atoms with Crippen LogP contribution in [0.4, 0.5) is 13.2 Å². The van der Waals surface area contributed by atoms with Gasteiger partial charge in [0.25, 0.3) is 0 Å². The van der Waals surface area contributed by atoms with Gasteiger partial charge in [-0.05, 0) is 184 Å². The Bertz CT molecular complexity index is 7770. The Kier molecular flexibility index (Phi) is 29.3. The van der Waals surface area contributed by atoms with Crippen molar-refractivity contribution in [2.75, 3.05) is 0 Å². The van der Waals surface area contributed by atoms with Crippen molar-refractivity contribution in [2.45, 2.75) is 135 Å². The lowest BCUT2D eigenvalue weighted by Gasteiger charge is -2.13. The first kappa shape index (κ1) is 96.3. The molecule has 0 radical (unpaired) electrons. The first-order valence-electron chi connectivity index (χ1n) is 42.7. The van der Waals surface area contributed by atoms with Crippen LogP contribution in [0.3, 0.4) is 0 Å². The second kappa shape index (κ2) is 41.0. The number of hydrogen-bond acceptors (Lipinski definition) is 17. The minimum absolute atomic E-state index is 0. The van der Waals surface area contributed by atoms with Crippen LogP contribution in [0.2, 0.25) is 0 Å². The normalized spacial score (nSPS) is 11.2. The fourth-order valence-corrected chi connectivity index (χ4v) is 16.0. The summed E-state index contributed by atoms with van der Waals surface area (Å²) in [4.78, 5) is 93.4. The smallest absolute Gasteiger partial charge is 0.292 e. The Hall–Kier alpha value is -16.3. The van der Waals surface area contributed by atoms with E-state index in [0.717, 1.165) is 78.5 Å². The molecule has 7 aromatic carbocycles. The van der Waals surface area contributed by atoms with Crippen molar-refractivity contribution < 1.29 is 13.2 Å². The summed E-state index contributed by atoms with van der Waals surface area (Å²) in [6, 6.07) is 57.1. The van der Waals surface area contributed by atoms with Crippen LogP contribution in [0.15, 0.2) is 288 Å². The number of pyridine rings is 1. The van der Waals surface area contributed by atoms with E-state index in [1.165, 1.54) is 39.5 Å². The van der Waals surface area contributed by atoms with E-state index in [2.05, 4.69) is 64.1 Å². The summed E-state index contributed by atoms with van der Waals surface area (Å²) in [5, 5.41) is 17.0. The average molecular weight is 1820 g/mol. The maximum absolute atomic E-state index is 14.8. The number of halogens is 3. The van der Waals surface area contributed by atoms with Crippen molar-refractivity contribution in [3.8, 4) is 68.3 Å². The van der Waals surface area contributed by atoms with Crippen LogP contribution in [0.25, 0.3) is 113 Å². The van der Waals surface area contributed by atoms with Crippen LogP contribution < -0.4 is 22.8 Å². The average Bonchev–Trinajstić information content (AvgIpc) is 1.64. The van der Waals surface area contributed by atoms with Gasteiger partial charge < -0.3 is 0 Å². The van der Waals surface area contributed by atoms with Gasteiger partial charge in [0.15, 0.2) is 45.9 Å². The molecule has 0 aliphatic heterocycles. The highest BCUT2D eigenvalue weighted by Gasteiger charge is 2.25. The summed E-state index contributed by atoms with van der Waals surface area (Å²) in [5.41, 5.74) is 17.9. The lowest BCUT2D eigenvalue weighted by atomic mass is 9.96. The molecule has 13 aromatic heterocycles. The quantitative estimate of drug-likeness (QED) is 0.0685. The van der Waals surface area contributed by atoms with Crippen molar-refractivity contribution in [1.82, 2.24) is 121 Å². The van der Waals surface area contributed by atoms with Crippen LogP contribution in [0, 0.1) is 17.5 Å². The number of imidazole rings is 4. The monoisotopic (exact) mass is 1820 g/mol. The predicted molar refractivity (Wildman–Crippen MR) is 524 cm³/mol. The summed E-state index contributed by atoms with van der Waals surface area (Å²) in [7, 11) is 6.84. The summed E-state index contributed by atoms with van der Waals surface area (Å²) >= 11 is 0. The highest BCUT2D eigenvalue weighted by Crippen LogP contribution is 2.35. The number of hydrogen-bond donors (Lipinski definition) is 0. The van der Waals surface area contributed by atoms with Gasteiger partial charge in [-0.2, -0.15) is 20.4 Å². The molecule has 0 aliphatic carbocycles. The molecule has 0 fully saturated rings. The summed E-state index contributed by atoms with van der Waals surface area (Å²) in [6.45, 7) is 17.7. The molecule has 29 nitrogen and oxygen atoms in total. The third kappa shape index (κ3) is 19.7. The fraction of sp³-hybridized carbons (Fsp3) is 0.233. The Balaban J connectivity index is 0.000000151. The SMILES string of the molecule is C.C.C.C.CC(C)c1cc(F)ccc1-c1ncc2c(n1)n(Cc1ccc(-n3cccn3)cc1)c(=O)n2C.CC(C)c1ccc(F)cc1-c1ncc2c(n1)n(Cc1ccc(-n3cccn3)cc1)c(=O)n2C.CC(C)c1cccc(F)c1-c1ncc2c(n1)n(Cc1ccc(-n3cccn3)cc1)c(=O)n2C.CC(C)c1ncccc1-c1ncc2c(n1)n(Cc1ccc(-n3cccn3)cc1)c(=O)n2C. The molecule has 20 aromatic rings. The maximum Gasteiger partial charge on any atom is 0.330 e. The van der Waals surface area contributed by atoms with Crippen molar-refractivity contribution >= 4 is 44.7 Å². The van der Waals surface area contributed by atoms with Crippen molar-refractivity contribution in [3.63, 3.8) is 0 Å². The molecule has 690 valence electrons. The number of rotatable bonds is 20. The van der Waals surface area contributed by atoms with Gasteiger partial charge in [-0.3, -0.25) is 41.5 Å².